The van der Waals surface area contributed by atoms with Crippen molar-refractivity contribution in [2.75, 3.05) is 23.7 Å². The molecule has 0 aliphatic heterocycles. The minimum Gasteiger partial charge on any atom is -0.354 e. The van der Waals surface area contributed by atoms with Crippen LogP contribution in [0.5, 0.6) is 0 Å². The Bertz CT molecular complexity index is 1260. The van der Waals surface area contributed by atoms with Crippen molar-refractivity contribution in [1.82, 2.24) is 10.2 Å². The zero-order valence-electron chi connectivity index (χ0n) is 21.4. The van der Waals surface area contributed by atoms with Crippen LogP contribution < -0.4 is 9.62 Å². The Kier molecular flexibility index (Phi) is 10.9. The average Bonchev–Trinajstić information content (AvgIpc) is 2.81. The van der Waals surface area contributed by atoms with Crippen LogP contribution in [0.3, 0.4) is 0 Å². The van der Waals surface area contributed by atoms with E-state index in [1.54, 1.807) is 31.2 Å². The molecule has 0 heterocycles. The summed E-state index contributed by atoms with van der Waals surface area (Å²) in [7, 11) is -4.23. The second-order valence-corrected chi connectivity index (χ2v) is 11.8. The van der Waals surface area contributed by atoms with Crippen molar-refractivity contribution in [2.45, 2.75) is 46.0 Å². The van der Waals surface area contributed by atoms with E-state index in [-0.39, 0.29) is 18.9 Å². The van der Waals surface area contributed by atoms with E-state index in [2.05, 4.69) is 5.32 Å². The number of sulfonamides is 1. The lowest BCUT2D eigenvalue weighted by atomic mass is 10.1. The van der Waals surface area contributed by atoms with Gasteiger partial charge >= 0.3 is 6.18 Å². The molecule has 0 saturated carbocycles. The largest absolute Gasteiger partial charge is 0.417 e. The first-order chi connectivity index (χ1) is 17.6. The van der Waals surface area contributed by atoms with E-state index in [9.17, 15) is 31.2 Å². The molecule has 0 aliphatic rings. The van der Waals surface area contributed by atoms with Gasteiger partial charge in [-0.1, -0.05) is 62.2 Å². The normalized spacial score (nSPS) is 12.8. The van der Waals surface area contributed by atoms with E-state index in [4.69, 9.17) is 23.2 Å². The summed E-state index contributed by atoms with van der Waals surface area (Å²) in [6.07, 6.45) is -3.89. The lowest BCUT2D eigenvalue weighted by Crippen LogP contribution is -2.52. The number of nitrogens with zero attached hydrogens (tertiary/aromatic N) is 2. The summed E-state index contributed by atoms with van der Waals surface area (Å²) in [4.78, 5) is 27.9. The molecule has 0 unspecified atom stereocenters. The molecule has 0 radical (unpaired) electrons. The number of anilines is 1. The number of halogens is 5. The average molecular weight is 596 g/mol. The molecule has 0 aromatic heterocycles. The van der Waals surface area contributed by atoms with Gasteiger partial charge in [-0.25, -0.2) is 8.42 Å². The first-order valence-corrected chi connectivity index (χ1v) is 14.3. The molecule has 0 aliphatic carbocycles. The molecule has 210 valence electrons. The van der Waals surface area contributed by atoms with Crippen LogP contribution >= 0.6 is 23.2 Å². The third-order valence-corrected chi connectivity index (χ3v) is 7.43. The number of carbonyl (C=O) groups excluding carboxylic acids is 2. The SMILES string of the molecule is CC[C@@H](C(=O)NCC(C)C)N(Cc1ccccc1Cl)C(=O)CN(c1ccc(Cl)c(C(F)(F)F)c1)S(C)(=O)=O. The van der Waals surface area contributed by atoms with Gasteiger partial charge in [0.15, 0.2) is 0 Å². The van der Waals surface area contributed by atoms with E-state index in [1.165, 1.54) is 4.90 Å². The van der Waals surface area contributed by atoms with Gasteiger partial charge < -0.3 is 10.2 Å². The van der Waals surface area contributed by atoms with Crippen LogP contribution in [0.15, 0.2) is 42.5 Å². The Morgan fingerprint density at radius 3 is 2.21 bits per heavy atom. The lowest BCUT2D eigenvalue weighted by molar-refractivity contribution is -0.140. The standard InChI is InChI=1S/C25H30Cl2F3N3O4S/c1-5-22(24(35)31-13-16(2)3)32(14-17-8-6-7-9-20(17)26)23(34)15-33(38(4,36)37)18-10-11-21(27)19(12-18)25(28,29)30/h6-12,16,22H,5,13-15H2,1-4H3,(H,31,35)/t22-/m0/s1. The molecule has 0 bridgehead atoms. The lowest BCUT2D eigenvalue weighted by Gasteiger charge is -2.33. The van der Waals surface area contributed by atoms with Crippen LogP contribution in [0.25, 0.3) is 0 Å². The maximum absolute atomic E-state index is 13.6. The third kappa shape index (κ3) is 8.51. The highest BCUT2D eigenvalue weighted by Gasteiger charge is 2.36. The molecule has 0 spiro atoms. The molecule has 0 fully saturated rings. The first-order valence-electron chi connectivity index (χ1n) is 11.7. The fourth-order valence-electron chi connectivity index (χ4n) is 3.65. The summed E-state index contributed by atoms with van der Waals surface area (Å²) in [5.41, 5.74) is -1.13. The summed E-state index contributed by atoms with van der Waals surface area (Å²) >= 11 is 12.0. The Morgan fingerprint density at radius 1 is 1.05 bits per heavy atom. The Hall–Kier alpha value is -2.50. The molecule has 2 aromatic carbocycles. The molecule has 7 nitrogen and oxygen atoms in total. The van der Waals surface area contributed by atoms with E-state index in [0.29, 0.717) is 27.5 Å². The van der Waals surface area contributed by atoms with E-state index in [0.717, 1.165) is 18.4 Å². The van der Waals surface area contributed by atoms with Crippen molar-refractivity contribution < 1.29 is 31.2 Å². The predicted octanol–water partition coefficient (Wildman–Crippen LogP) is 5.36. The molecule has 1 atom stereocenters. The molecule has 2 rings (SSSR count). The van der Waals surface area contributed by atoms with Crippen LogP contribution in [0.4, 0.5) is 18.9 Å². The van der Waals surface area contributed by atoms with Crippen LogP contribution in [-0.4, -0.2) is 50.5 Å². The second-order valence-electron chi connectivity index (χ2n) is 9.11. The van der Waals surface area contributed by atoms with Crippen LogP contribution in [0.1, 0.15) is 38.3 Å². The number of nitrogens with one attached hydrogen (secondary N) is 1. The first kappa shape index (κ1) is 31.7. The maximum atomic E-state index is 13.6. The number of benzene rings is 2. The van der Waals surface area contributed by atoms with E-state index >= 15 is 0 Å². The zero-order valence-corrected chi connectivity index (χ0v) is 23.7. The van der Waals surface area contributed by atoms with Crippen LogP contribution in [-0.2, 0) is 32.3 Å². The van der Waals surface area contributed by atoms with Gasteiger partial charge in [-0.3, -0.25) is 13.9 Å². The third-order valence-electron chi connectivity index (χ3n) is 5.59. The Labute approximate surface area is 230 Å². The van der Waals surface area contributed by atoms with Crippen LogP contribution in [0.2, 0.25) is 10.0 Å². The highest BCUT2D eigenvalue weighted by molar-refractivity contribution is 7.92. The minimum absolute atomic E-state index is 0.127. The fraction of sp³-hybridized carbons (Fsp3) is 0.440. The highest BCUT2D eigenvalue weighted by atomic mass is 35.5. The fourth-order valence-corrected chi connectivity index (χ4v) is 4.91. The molecule has 0 saturated heterocycles. The summed E-state index contributed by atoms with van der Waals surface area (Å²) in [6.45, 7) is 4.87. The van der Waals surface area contributed by atoms with Gasteiger partial charge in [0.1, 0.15) is 12.6 Å². The predicted molar refractivity (Wildman–Crippen MR) is 143 cm³/mol. The van der Waals surface area contributed by atoms with Crippen molar-refractivity contribution in [2.24, 2.45) is 5.92 Å². The van der Waals surface area contributed by atoms with E-state index in [1.807, 2.05) is 13.8 Å². The summed E-state index contributed by atoms with van der Waals surface area (Å²) in [5, 5.41) is 2.49. The number of carbonyl (C=O) groups is 2. The number of amides is 2. The number of hydrogen-bond donors (Lipinski definition) is 1. The number of hydrogen-bond acceptors (Lipinski definition) is 4. The molecular weight excluding hydrogens is 566 g/mol. The molecule has 2 amide bonds. The van der Waals surface area contributed by atoms with Gasteiger partial charge in [0.2, 0.25) is 21.8 Å². The molecule has 13 heteroatoms. The van der Waals surface area contributed by atoms with Gasteiger partial charge in [-0.15, -0.1) is 0 Å². The quantitative estimate of drug-likeness (QED) is 0.379. The number of rotatable bonds is 11. The highest BCUT2D eigenvalue weighted by Crippen LogP contribution is 2.37. The maximum Gasteiger partial charge on any atom is 0.417 e. The van der Waals surface area contributed by atoms with Gasteiger partial charge in [-0.05, 0) is 42.2 Å². The summed E-state index contributed by atoms with van der Waals surface area (Å²) < 4.78 is 66.2. The van der Waals surface area contributed by atoms with Crippen molar-refractivity contribution in [3.05, 3.63) is 63.6 Å². The van der Waals surface area contributed by atoms with Gasteiger partial charge in [0.25, 0.3) is 0 Å². The molecular formula is C25H30Cl2F3N3O4S. The minimum atomic E-state index is -4.85. The smallest absolute Gasteiger partial charge is 0.354 e. The van der Waals surface area contributed by atoms with Crippen molar-refractivity contribution >= 4 is 50.7 Å². The molecule has 1 N–H and O–H groups in total. The van der Waals surface area contributed by atoms with Gasteiger partial charge in [-0.2, -0.15) is 13.2 Å². The van der Waals surface area contributed by atoms with Crippen LogP contribution in [0, 0.1) is 5.92 Å². The van der Waals surface area contributed by atoms with Gasteiger partial charge in [0, 0.05) is 18.1 Å². The summed E-state index contributed by atoms with van der Waals surface area (Å²) in [5.74, 6) is -1.11. The van der Waals surface area contributed by atoms with Crippen molar-refractivity contribution in [3.63, 3.8) is 0 Å². The summed E-state index contributed by atoms with van der Waals surface area (Å²) in [6, 6.07) is 8.22. The van der Waals surface area contributed by atoms with Crippen molar-refractivity contribution in [3.8, 4) is 0 Å². The van der Waals surface area contributed by atoms with Crippen molar-refractivity contribution in [1.29, 1.82) is 0 Å². The number of alkyl halides is 3. The zero-order chi connectivity index (χ0) is 28.8. The topological polar surface area (TPSA) is 86.8 Å². The van der Waals surface area contributed by atoms with E-state index < -0.39 is 56.9 Å². The molecule has 38 heavy (non-hydrogen) atoms. The van der Waals surface area contributed by atoms with Gasteiger partial charge in [0.05, 0.1) is 22.5 Å². The molecule has 2 aromatic rings. The second kappa shape index (κ2) is 13.0. The Morgan fingerprint density at radius 2 is 1.68 bits per heavy atom. The Balaban J connectivity index is 2.52. The monoisotopic (exact) mass is 595 g/mol.